The van der Waals surface area contributed by atoms with Gasteiger partial charge >= 0.3 is 0 Å². The van der Waals surface area contributed by atoms with Gasteiger partial charge < -0.3 is 5.32 Å². The van der Waals surface area contributed by atoms with Crippen LogP contribution in [0.15, 0.2) is 24.3 Å². The van der Waals surface area contributed by atoms with E-state index >= 15 is 0 Å². The van der Waals surface area contributed by atoms with E-state index in [0.29, 0.717) is 6.04 Å². The van der Waals surface area contributed by atoms with Gasteiger partial charge in [0.05, 0.1) is 10.7 Å². The average molecular weight is 288 g/mol. The summed E-state index contributed by atoms with van der Waals surface area (Å²) in [5.74, 6) is 0. The minimum absolute atomic E-state index is 0.516. The molecule has 0 aliphatic heterocycles. The van der Waals surface area contributed by atoms with E-state index in [1.165, 1.54) is 26.7 Å². The van der Waals surface area contributed by atoms with Crippen LogP contribution in [0.3, 0.4) is 0 Å². The molecule has 2 rings (SSSR count). The molecule has 1 aromatic carbocycles. The van der Waals surface area contributed by atoms with Gasteiger partial charge in [-0.3, -0.25) is 0 Å². The zero-order chi connectivity index (χ0) is 14.5. The molecule has 0 spiro atoms. The highest BCUT2D eigenvalue weighted by Crippen LogP contribution is 2.22. The summed E-state index contributed by atoms with van der Waals surface area (Å²) in [7, 11) is 0. The van der Waals surface area contributed by atoms with Crippen molar-refractivity contribution >= 4 is 11.3 Å². The predicted octanol–water partition coefficient (Wildman–Crippen LogP) is 4.10. The lowest BCUT2D eigenvalue weighted by molar-refractivity contribution is 0.590. The minimum Gasteiger partial charge on any atom is -0.310 e. The second-order valence-corrected chi connectivity index (χ2v) is 6.70. The molecule has 0 fully saturated rings. The molecule has 0 unspecified atom stereocenters. The van der Waals surface area contributed by atoms with Gasteiger partial charge in [-0.15, -0.1) is 11.3 Å². The number of nitrogens with one attached hydrogen (secondary N) is 1. The lowest BCUT2D eigenvalue weighted by Gasteiger charge is -2.06. The summed E-state index contributed by atoms with van der Waals surface area (Å²) >= 11 is 1.85. The molecule has 108 valence electrons. The molecule has 0 aliphatic rings. The molecule has 2 nitrogen and oxygen atoms in total. The molecule has 20 heavy (non-hydrogen) atoms. The molecule has 3 heteroatoms. The van der Waals surface area contributed by atoms with E-state index in [0.717, 1.165) is 19.4 Å². The van der Waals surface area contributed by atoms with Gasteiger partial charge in [-0.1, -0.05) is 50.6 Å². The van der Waals surface area contributed by atoms with Crippen LogP contribution in [0.25, 0.3) is 0 Å². The third-order valence-corrected chi connectivity index (χ3v) is 4.40. The minimum atomic E-state index is 0.516. The third kappa shape index (κ3) is 4.15. The van der Waals surface area contributed by atoms with Gasteiger partial charge in [0, 0.05) is 23.9 Å². The number of hydrogen-bond acceptors (Lipinski definition) is 3. The Labute approximate surface area is 126 Å². The maximum atomic E-state index is 4.80. The molecule has 0 amide bonds. The van der Waals surface area contributed by atoms with Crippen molar-refractivity contribution in [1.29, 1.82) is 0 Å². The summed E-state index contributed by atoms with van der Waals surface area (Å²) < 4.78 is 0. The van der Waals surface area contributed by atoms with Crippen molar-refractivity contribution in [2.24, 2.45) is 0 Å². The summed E-state index contributed by atoms with van der Waals surface area (Å²) in [5, 5.41) is 4.72. The number of thiazole rings is 1. The Bertz CT molecular complexity index is 541. The van der Waals surface area contributed by atoms with Crippen molar-refractivity contribution < 1.29 is 0 Å². The molecule has 0 atom stereocenters. The predicted molar refractivity (Wildman–Crippen MR) is 87.5 cm³/mol. The number of aryl methyl sites for hydroxylation is 2. The normalized spacial score (nSPS) is 11.2. The molecule has 0 bridgehead atoms. The van der Waals surface area contributed by atoms with Gasteiger partial charge in [-0.05, 0) is 18.9 Å². The molecular formula is C17H24N2S. The summed E-state index contributed by atoms with van der Waals surface area (Å²) in [6, 6.07) is 9.26. The van der Waals surface area contributed by atoms with Gasteiger partial charge in [0.1, 0.15) is 0 Å². The summed E-state index contributed by atoms with van der Waals surface area (Å²) in [4.78, 5) is 6.19. The van der Waals surface area contributed by atoms with Gasteiger partial charge in [-0.2, -0.15) is 0 Å². The Morgan fingerprint density at radius 2 is 1.90 bits per heavy atom. The summed E-state index contributed by atoms with van der Waals surface area (Å²) in [6.07, 6.45) is 1.96. The van der Waals surface area contributed by atoms with Crippen LogP contribution in [-0.2, 0) is 19.4 Å². The molecule has 0 saturated heterocycles. The van der Waals surface area contributed by atoms with Crippen LogP contribution in [0.1, 0.15) is 47.5 Å². The van der Waals surface area contributed by atoms with E-state index < -0.39 is 0 Å². The van der Waals surface area contributed by atoms with E-state index in [4.69, 9.17) is 4.98 Å². The van der Waals surface area contributed by atoms with Gasteiger partial charge in [0.15, 0.2) is 0 Å². The second kappa shape index (κ2) is 7.00. The van der Waals surface area contributed by atoms with E-state index in [-0.39, 0.29) is 0 Å². The van der Waals surface area contributed by atoms with Crippen molar-refractivity contribution in [3.05, 3.63) is 51.0 Å². The molecular weight excluding hydrogens is 264 g/mol. The SMILES string of the molecule is CCc1nc(Cc2ccc(C)cc2)sc1CNC(C)C. The van der Waals surface area contributed by atoms with Gasteiger partial charge in [0.2, 0.25) is 0 Å². The maximum absolute atomic E-state index is 4.80. The van der Waals surface area contributed by atoms with Crippen molar-refractivity contribution in [2.45, 2.75) is 53.1 Å². The highest BCUT2D eigenvalue weighted by atomic mass is 32.1. The van der Waals surface area contributed by atoms with E-state index in [1.54, 1.807) is 0 Å². The first-order valence-corrected chi connectivity index (χ1v) is 8.16. The van der Waals surface area contributed by atoms with E-state index in [2.05, 4.69) is 57.3 Å². The lowest BCUT2D eigenvalue weighted by Crippen LogP contribution is -2.21. The maximum Gasteiger partial charge on any atom is 0.0975 e. The molecule has 1 heterocycles. The Balaban J connectivity index is 2.10. The van der Waals surface area contributed by atoms with Crippen LogP contribution in [0.4, 0.5) is 0 Å². The number of aromatic nitrogens is 1. The van der Waals surface area contributed by atoms with Gasteiger partial charge in [0.25, 0.3) is 0 Å². The number of hydrogen-bond donors (Lipinski definition) is 1. The van der Waals surface area contributed by atoms with Crippen molar-refractivity contribution in [2.75, 3.05) is 0 Å². The molecule has 1 aromatic heterocycles. The number of benzene rings is 1. The van der Waals surface area contributed by atoms with Crippen molar-refractivity contribution in [3.63, 3.8) is 0 Å². The van der Waals surface area contributed by atoms with Gasteiger partial charge in [-0.25, -0.2) is 4.98 Å². The Morgan fingerprint density at radius 3 is 2.50 bits per heavy atom. The molecule has 0 radical (unpaired) electrons. The number of rotatable bonds is 6. The van der Waals surface area contributed by atoms with E-state index in [9.17, 15) is 0 Å². The second-order valence-electron chi connectivity index (χ2n) is 5.53. The standard InChI is InChI=1S/C17H24N2S/c1-5-15-16(11-18-12(2)3)20-17(19-15)10-14-8-6-13(4)7-9-14/h6-9,12,18H,5,10-11H2,1-4H3. The first kappa shape index (κ1) is 15.2. The monoisotopic (exact) mass is 288 g/mol. The van der Waals surface area contributed by atoms with Crippen molar-refractivity contribution in [3.8, 4) is 0 Å². The van der Waals surface area contributed by atoms with Crippen LogP contribution < -0.4 is 5.32 Å². The van der Waals surface area contributed by atoms with E-state index in [1.807, 2.05) is 11.3 Å². The van der Waals surface area contributed by atoms with Crippen LogP contribution in [0, 0.1) is 6.92 Å². The summed E-state index contributed by atoms with van der Waals surface area (Å²) in [5.41, 5.74) is 3.91. The molecule has 0 aliphatic carbocycles. The van der Waals surface area contributed by atoms with Crippen molar-refractivity contribution in [1.82, 2.24) is 10.3 Å². The van der Waals surface area contributed by atoms with Crippen LogP contribution in [0.5, 0.6) is 0 Å². The largest absolute Gasteiger partial charge is 0.310 e. The third-order valence-electron chi connectivity index (χ3n) is 3.30. The highest BCUT2D eigenvalue weighted by molar-refractivity contribution is 7.11. The highest BCUT2D eigenvalue weighted by Gasteiger charge is 2.10. The quantitative estimate of drug-likeness (QED) is 0.865. The fourth-order valence-electron chi connectivity index (χ4n) is 2.10. The Hall–Kier alpha value is -1.19. The average Bonchev–Trinajstić information content (AvgIpc) is 2.81. The molecule has 0 saturated carbocycles. The first-order valence-electron chi connectivity index (χ1n) is 7.35. The summed E-state index contributed by atoms with van der Waals surface area (Å²) in [6.45, 7) is 9.60. The smallest absolute Gasteiger partial charge is 0.0975 e. The topological polar surface area (TPSA) is 24.9 Å². The van der Waals surface area contributed by atoms with Crippen LogP contribution >= 0.6 is 11.3 Å². The fraction of sp³-hybridized carbons (Fsp3) is 0.471. The molecule has 2 aromatic rings. The zero-order valence-electron chi connectivity index (χ0n) is 12.9. The number of nitrogens with zero attached hydrogens (tertiary/aromatic N) is 1. The van der Waals surface area contributed by atoms with Crippen LogP contribution in [0.2, 0.25) is 0 Å². The fourth-order valence-corrected chi connectivity index (χ4v) is 3.25. The lowest BCUT2D eigenvalue weighted by atomic mass is 10.1. The Kier molecular flexibility index (Phi) is 5.32. The van der Waals surface area contributed by atoms with Crippen LogP contribution in [-0.4, -0.2) is 11.0 Å². The zero-order valence-corrected chi connectivity index (χ0v) is 13.7. The molecule has 1 N–H and O–H groups in total. The first-order chi connectivity index (χ1) is 9.58. The Morgan fingerprint density at radius 1 is 1.20 bits per heavy atom.